The monoisotopic (exact) mass is 239 g/mol. The lowest BCUT2D eigenvalue weighted by Crippen LogP contribution is -2.30. The summed E-state index contributed by atoms with van der Waals surface area (Å²) in [5, 5.41) is 19.6. The zero-order valence-electron chi connectivity index (χ0n) is 10.2. The molecule has 0 radical (unpaired) electrons. The van der Waals surface area contributed by atoms with Gasteiger partial charge in [0.1, 0.15) is 5.82 Å². The van der Waals surface area contributed by atoms with Crippen molar-refractivity contribution >= 4 is 5.69 Å². The van der Waals surface area contributed by atoms with E-state index in [1.165, 1.54) is 6.07 Å². The maximum absolute atomic E-state index is 13.7. The van der Waals surface area contributed by atoms with Crippen molar-refractivity contribution in [3.05, 3.63) is 29.6 Å². The maximum Gasteiger partial charge on any atom is 0.131 e. The Morgan fingerprint density at radius 3 is 2.71 bits per heavy atom. The lowest BCUT2D eigenvalue weighted by molar-refractivity contribution is 0.0838. The van der Waals surface area contributed by atoms with E-state index in [0.29, 0.717) is 30.8 Å². The van der Waals surface area contributed by atoms with Crippen LogP contribution >= 0.6 is 0 Å². The van der Waals surface area contributed by atoms with Crippen LogP contribution in [-0.4, -0.2) is 28.9 Å². The van der Waals surface area contributed by atoms with E-state index < -0.39 is 17.5 Å². The Morgan fingerprint density at radius 1 is 1.47 bits per heavy atom. The summed E-state index contributed by atoms with van der Waals surface area (Å²) in [5.41, 5.74) is 0.255. The summed E-state index contributed by atoms with van der Waals surface area (Å²) in [6, 6.07) is 4.76. The molecule has 1 aromatic carbocycles. The Balaban J connectivity index is 2.36. The van der Waals surface area contributed by atoms with Gasteiger partial charge in [0.2, 0.25) is 0 Å². The zero-order chi connectivity index (χ0) is 12.6. The summed E-state index contributed by atoms with van der Waals surface area (Å²) in [6.45, 7) is 4.47. The predicted molar refractivity (Wildman–Crippen MR) is 64.5 cm³/mol. The van der Waals surface area contributed by atoms with Gasteiger partial charge < -0.3 is 15.1 Å². The summed E-state index contributed by atoms with van der Waals surface area (Å²) in [4.78, 5) is 1.92. The normalized spacial score (nSPS) is 26.3. The van der Waals surface area contributed by atoms with Crippen molar-refractivity contribution in [3.63, 3.8) is 0 Å². The molecule has 94 valence electrons. The predicted octanol–water partition coefficient (Wildman–Crippen LogP) is 1.84. The molecule has 1 saturated heterocycles. The highest BCUT2D eigenvalue weighted by molar-refractivity contribution is 5.56. The van der Waals surface area contributed by atoms with Gasteiger partial charge in [-0.25, -0.2) is 4.39 Å². The van der Waals surface area contributed by atoms with Gasteiger partial charge in [-0.15, -0.1) is 0 Å². The molecule has 0 spiro atoms. The van der Waals surface area contributed by atoms with Gasteiger partial charge in [-0.1, -0.05) is 6.07 Å². The Bertz CT molecular complexity index is 418. The highest BCUT2D eigenvalue weighted by Crippen LogP contribution is 2.33. The molecule has 17 heavy (non-hydrogen) atoms. The van der Waals surface area contributed by atoms with E-state index in [2.05, 4.69) is 0 Å². The third-order valence-electron chi connectivity index (χ3n) is 3.24. The third-order valence-corrected chi connectivity index (χ3v) is 3.24. The molecule has 0 amide bonds. The first-order valence-corrected chi connectivity index (χ1v) is 5.84. The average molecular weight is 239 g/mol. The Kier molecular flexibility index (Phi) is 3.10. The first-order chi connectivity index (χ1) is 7.91. The van der Waals surface area contributed by atoms with Gasteiger partial charge in [-0.3, -0.25) is 0 Å². The average Bonchev–Trinajstić information content (AvgIpc) is 2.57. The first kappa shape index (κ1) is 12.3. The standard InChI is InChI=1S/C13H18FNO2/c1-9(16)12-10(14)4-3-5-11(12)15-7-6-13(2,17)8-15/h3-5,9,16-17H,6-8H2,1-2H3/t9-,13?/m0/s1. The van der Waals surface area contributed by atoms with E-state index in [9.17, 15) is 14.6 Å². The lowest BCUT2D eigenvalue weighted by Gasteiger charge is -2.24. The first-order valence-electron chi connectivity index (χ1n) is 5.84. The molecule has 1 fully saturated rings. The summed E-state index contributed by atoms with van der Waals surface area (Å²) < 4.78 is 13.7. The smallest absolute Gasteiger partial charge is 0.131 e. The number of rotatable bonds is 2. The van der Waals surface area contributed by atoms with E-state index in [0.717, 1.165) is 0 Å². The van der Waals surface area contributed by atoms with E-state index in [1.807, 2.05) is 4.90 Å². The molecule has 2 atom stereocenters. The molecule has 0 aliphatic carbocycles. The molecule has 1 aliphatic rings. The van der Waals surface area contributed by atoms with Gasteiger partial charge in [0, 0.05) is 24.3 Å². The molecule has 1 aromatic rings. The summed E-state index contributed by atoms with van der Waals surface area (Å²) in [7, 11) is 0. The minimum atomic E-state index is -0.850. The molecule has 2 rings (SSSR count). The highest BCUT2D eigenvalue weighted by Gasteiger charge is 2.33. The van der Waals surface area contributed by atoms with Crippen molar-refractivity contribution in [2.75, 3.05) is 18.0 Å². The number of β-amino-alcohol motifs (C(OH)–C–C–N with tert-alkyl or cyclic N) is 1. The van der Waals surface area contributed by atoms with E-state index in [-0.39, 0.29) is 0 Å². The molecule has 4 heteroatoms. The molecule has 1 unspecified atom stereocenters. The summed E-state index contributed by atoms with van der Waals surface area (Å²) in [5.74, 6) is -0.399. The fourth-order valence-corrected chi connectivity index (χ4v) is 2.37. The molecular formula is C13H18FNO2. The van der Waals surface area contributed by atoms with Gasteiger partial charge in [0.05, 0.1) is 11.7 Å². The van der Waals surface area contributed by atoms with Crippen molar-refractivity contribution in [2.24, 2.45) is 0 Å². The SMILES string of the molecule is C[C@H](O)c1c(F)cccc1N1CCC(C)(O)C1. The van der Waals surface area contributed by atoms with Crippen LogP contribution in [0.25, 0.3) is 0 Å². The van der Waals surface area contributed by atoms with Crippen molar-refractivity contribution in [1.29, 1.82) is 0 Å². The molecule has 1 aliphatic heterocycles. The molecule has 0 saturated carbocycles. The van der Waals surface area contributed by atoms with Crippen LogP contribution in [0.3, 0.4) is 0 Å². The van der Waals surface area contributed by atoms with Crippen LogP contribution in [0.5, 0.6) is 0 Å². The number of aliphatic hydroxyl groups excluding tert-OH is 1. The number of aliphatic hydroxyl groups is 2. The number of anilines is 1. The molecule has 3 nitrogen and oxygen atoms in total. The molecule has 1 heterocycles. The lowest BCUT2D eigenvalue weighted by atomic mass is 10.1. The number of halogens is 1. The fourth-order valence-electron chi connectivity index (χ4n) is 2.37. The van der Waals surface area contributed by atoms with Crippen LogP contribution in [0, 0.1) is 5.82 Å². The minimum Gasteiger partial charge on any atom is -0.389 e. The van der Waals surface area contributed by atoms with Crippen LogP contribution in [-0.2, 0) is 0 Å². The van der Waals surface area contributed by atoms with E-state index in [4.69, 9.17) is 0 Å². The molecular weight excluding hydrogens is 221 g/mol. The number of nitrogens with zero attached hydrogens (tertiary/aromatic N) is 1. The van der Waals surface area contributed by atoms with Gasteiger partial charge in [-0.05, 0) is 32.4 Å². The van der Waals surface area contributed by atoms with Crippen LogP contribution < -0.4 is 4.90 Å². The third kappa shape index (κ3) is 2.42. The highest BCUT2D eigenvalue weighted by atomic mass is 19.1. The molecule has 0 aromatic heterocycles. The van der Waals surface area contributed by atoms with Crippen LogP contribution in [0.4, 0.5) is 10.1 Å². The number of hydrogen-bond acceptors (Lipinski definition) is 3. The largest absolute Gasteiger partial charge is 0.389 e. The van der Waals surface area contributed by atoms with E-state index >= 15 is 0 Å². The topological polar surface area (TPSA) is 43.7 Å². The van der Waals surface area contributed by atoms with Crippen molar-refractivity contribution in [3.8, 4) is 0 Å². The second kappa shape index (κ2) is 4.27. The van der Waals surface area contributed by atoms with Gasteiger partial charge >= 0.3 is 0 Å². The second-order valence-corrected chi connectivity index (χ2v) is 5.02. The van der Waals surface area contributed by atoms with Gasteiger partial charge in [0.25, 0.3) is 0 Å². The number of hydrogen-bond donors (Lipinski definition) is 2. The van der Waals surface area contributed by atoms with Crippen LogP contribution in [0.15, 0.2) is 18.2 Å². The van der Waals surface area contributed by atoms with Gasteiger partial charge in [-0.2, -0.15) is 0 Å². The van der Waals surface area contributed by atoms with Crippen molar-refractivity contribution in [2.45, 2.75) is 32.0 Å². The molecule has 2 N–H and O–H groups in total. The van der Waals surface area contributed by atoms with Crippen LogP contribution in [0.2, 0.25) is 0 Å². The quantitative estimate of drug-likeness (QED) is 0.827. The Hall–Kier alpha value is -1.13. The van der Waals surface area contributed by atoms with Crippen molar-refractivity contribution < 1.29 is 14.6 Å². The Labute approximate surface area is 100 Å². The Morgan fingerprint density at radius 2 is 2.18 bits per heavy atom. The fraction of sp³-hybridized carbons (Fsp3) is 0.538. The van der Waals surface area contributed by atoms with E-state index in [1.54, 1.807) is 26.0 Å². The number of benzene rings is 1. The second-order valence-electron chi connectivity index (χ2n) is 5.02. The van der Waals surface area contributed by atoms with Crippen LogP contribution in [0.1, 0.15) is 31.9 Å². The summed E-state index contributed by atoms with van der Waals surface area (Å²) >= 11 is 0. The minimum absolute atomic E-state index is 0.310. The zero-order valence-corrected chi connectivity index (χ0v) is 10.2. The maximum atomic E-state index is 13.7. The van der Waals surface area contributed by atoms with Gasteiger partial charge in [0.15, 0.2) is 0 Å². The van der Waals surface area contributed by atoms with Crippen molar-refractivity contribution in [1.82, 2.24) is 0 Å². The molecule has 0 bridgehead atoms. The summed E-state index contributed by atoms with van der Waals surface area (Å²) in [6.07, 6.45) is -0.195.